The number of aliphatic carboxylic acids is 1. The van der Waals surface area contributed by atoms with Gasteiger partial charge in [0.1, 0.15) is 23.2 Å². The SMILES string of the molecule is CC(=O)Nc1nnc(S(N)(=O)=O)s1.CC1=C(C(=O)O)N2C(=O)[C@@H](NC(=O)[C@H](N)c3ccccc3)[C@H]2SC1.[CaH2]. The van der Waals surface area contributed by atoms with Crippen molar-refractivity contribution in [2.75, 3.05) is 11.1 Å². The van der Waals surface area contributed by atoms with Gasteiger partial charge in [-0.1, -0.05) is 41.7 Å². The number of nitrogens with zero attached hydrogens (tertiary/aromatic N) is 3. The van der Waals surface area contributed by atoms with Crippen LogP contribution in [0.15, 0.2) is 45.9 Å². The number of carboxylic acids is 1. The molecule has 1 aromatic carbocycles. The van der Waals surface area contributed by atoms with Gasteiger partial charge in [-0.15, -0.1) is 22.0 Å². The molecule has 2 aliphatic rings. The van der Waals surface area contributed by atoms with Crippen LogP contribution in [-0.4, -0.2) is 107 Å². The Kier molecular flexibility index (Phi) is 11.2. The van der Waals surface area contributed by atoms with Gasteiger partial charge in [0.2, 0.25) is 21.3 Å². The molecule has 0 radical (unpaired) electrons. The van der Waals surface area contributed by atoms with Crippen LogP contribution in [-0.2, 0) is 29.2 Å². The molecule has 0 saturated carbocycles. The molecule has 3 amide bonds. The average Bonchev–Trinajstić information content (AvgIpc) is 3.31. The first kappa shape index (κ1) is 32.1. The number of β-lactam (4-membered cyclic amide) rings is 1. The summed E-state index contributed by atoms with van der Waals surface area (Å²) in [6.45, 7) is 2.97. The van der Waals surface area contributed by atoms with Crippen LogP contribution in [0.25, 0.3) is 0 Å². The van der Waals surface area contributed by atoms with E-state index in [0.29, 0.717) is 28.2 Å². The standard InChI is InChI=1S/C16H17N3O4S.C4H6N4O3S2.Ca.2H/c1-8-7-24-15-11(14(21)19(15)12(8)16(22)23)18-13(20)10(17)9-5-3-2-4-6-9;1-2(9)6-3-7-8-4(12-3)13(5,10)11;;;/h2-6,10-11,15H,7,17H2,1H3,(H,18,20)(H,22,23);1H3,(H2,5,10,11)(H,6,7,9);;;/t10-,11-,15-;;;;/m1..../s1. The molecule has 0 bridgehead atoms. The van der Waals surface area contributed by atoms with Crippen LogP contribution in [0.4, 0.5) is 5.13 Å². The van der Waals surface area contributed by atoms with E-state index < -0.39 is 45.3 Å². The Labute approximate surface area is 255 Å². The fourth-order valence-corrected chi connectivity index (χ4v) is 6.03. The molecule has 2 aliphatic heterocycles. The number of benzene rings is 1. The van der Waals surface area contributed by atoms with Crippen LogP contribution in [0.5, 0.6) is 0 Å². The third-order valence-corrected chi connectivity index (χ3v) is 8.61. The molecule has 1 aromatic heterocycles. The number of primary sulfonamides is 1. The third-order valence-electron chi connectivity index (χ3n) is 5.03. The van der Waals surface area contributed by atoms with E-state index in [1.165, 1.54) is 23.6 Å². The molecule has 14 nitrogen and oxygen atoms in total. The van der Waals surface area contributed by atoms with Crippen molar-refractivity contribution in [2.24, 2.45) is 10.9 Å². The molecular weight excluding hydrogens is 587 g/mol. The maximum absolute atomic E-state index is 12.3. The van der Waals surface area contributed by atoms with Crippen molar-refractivity contribution in [2.45, 2.75) is 35.6 Å². The zero-order valence-electron chi connectivity index (χ0n) is 19.4. The van der Waals surface area contributed by atoms with Gasteiger partial charge in [-0.05, 0) is 18.1 Å². The van der Waals surface area contributed by atoms with E-state index >= 15 is 0 Å². The minimum absolute atomic E-state index is 0. The number of amides is 3. The molecule has 0 unspecified atom stereocenters. The summed E-state index contributed by atoms with van der Waals surface area (Å²) in [6, 6.07) is 7.23. The molecule has 4 rings (SSSR count). The van der Waals surface area contributed by atoms with E-state index in [4.69, 9.17) is 10.9 Å². The topological polar surface area (TPSA) is 228 Å². The van der Waals surface area contributed by atoms with Gasteiger partial charge in [-0.3, -0.25) is 19.3 Å². The molecular formula is C20H25CaN7O7S3. The first-order valence-corrected chi connectivity index (χ1v) is 13.8. The minimum atomic E-state index is -3.82. The number of hydrogen-bond donors (Lipinski definition) is 5. The normalized spacial score (nSPS) is 19.1. The van der Waals surface area contributed by atoms with Crippen LogP contribution < -0.4 is 21.5 Å². The Hall–Kier alpha value is -2.12. The van der Waals surface area contributed by atoms with Crippen molar-refractivity contribution in [1.82, 2.24) is 20.4 Å². The van der Waals surface area contributed by atoms with E-state index in [1.807, 2.05) is 6.07 Å². The number of hydrogen-bond acceptors (Lipinski definition) is 11. The van der Waals surface area contributed by atoms with Gasteiger partial charge in [0.25, 0.3) is 15.9 Å². The van der Waals surface area contributed by atoms with E-state index in [2.05, 4.69) is 20.8 Å². The number of carbonyl (C=O) groups is 4. The number of fused-ring (bicyclic) bond motifs is 1. The van der Waals surface area contributed by atoms with Gasteiger partial charge in [-0.2, -0.15) is 0 Å². The molecule has 38 heavy (non-hydrogen) atoms. The molecule has 0 spiro atoms. The fraction of sp³-hybridized carbons (Fsp3) is 0.300. The molecule has 0 aliphatic carbocycles. The van der Waals surface area contributed by atoms with Crippen LogP contribution in [0.1, 0.15) is 25.5 Å². The Morgan fingerprint density at radius 1 is 1.21 bits per heavy atom. The second kappa shape index (κ2) is 13.3. The zero-order valence-corrected chi connectivity index (χ0v) is 21.9. The Bertz CT molecular complexity index is 1370. The molecule has 1 saturated heterocycles. The number of thioether (sulfide) groups is 1. The second-order valence-corrected chi connectivity index (χ2v) is 11.6. The van der Waals surface area contributed by atoms with Crippen LogP contribution in [0.2, 0.25) is 0 Å². The van der Waals surface area contributed by atoms with Gasteiger partial charge in [0.15, 0.2) is 0 Å². The number of carboxylic acid groups (broad SMARTS) is 1. The maximum atomic E-state index is 12.3. The number of anilines is 1. The molecule has 3 atom stereocenters. The van der Waals surface area contributed by atoms with Crippen LogP contribution in [0, 0.1) is 0 Å². The molecule has 18 heteroatoms. The summed E-state index contributed by atoms with van der Waals surface area (Å²) < 4.78 is 21.1. The van der Waals surface area contributed by atoms with E-state index in [1.54, 1.807) is 31.2 Å². The average molecular weight is 612 g/mol. The summed E-state index contributed by atoms with van der Waals surface area (Å²) in [5, 5.41) is 25.4. The van der Waals surface area contributed by atoms with Crippen LogP contribution >= 0.6 is 23.1 Å². The summed E-state index contributed by atoms with van der Waals surface area (Å²) in [7, 11) is -3.82. The predicted octanol–water partition coefficient (Wildman–Crippen LogP) is -1.33. The van der Waals surface area contributed by atoms with E-state index in [9.17, 15) is 32.7 Å². The van der Waals surface area contributed by atoms with Crippen molar-refractivity contribution in [3.8, 4) is 0 Å². The second-order valence-electron chi connectivity index (χ2n) is 7.82. The van der Waals surface area contributed by atoms with Crippen molar-refractivity contribution in [3.05, 3.63) is 47.2 Å². The first-order chi connectivity index (χ1) is 17.3. The number of sulfonamides is 1. The Morgan fingerprint density at radius 2 is 1.84 bits per heavy atom. The molecule has 7 N–H and O–H groups in total. The van der Waals surface area contributed by atoms with Crippen molar-refractivity contribution < 1.29 is 32.7 Å². The van der Waals surface area contributed by atoms with Crippen molar-refractivity contribution in [1.29, 1.82) is 0 Å². The van der Waals surface area contributed by atoms with Crippen molar-refractivity contribution >= 4 is 99.7 Å². The third kappa shape index (κ3) is 7.50. The van der Waals surface area contributed by atoms with E-state index in [-0.39, 0.29) is 58.8 Å². The summed E-state index contributed by atoms with van der Waals surface area (Å²) in [5.74, 6) is -1.85. The summed E-state index contributed by atoms with van der Waals surface area (Å²) in [6.07, 6.45) is 0. The Morgan fingerprint density at radius 3 is 2.37 bits per heavy atom. The van der Waals surface area contributed by atoms with Gasteiger partial charge in [-0.25, -0.2) is 18.4 Å². The zero-order chi connectivity index (χ0) is 27.5. The van der Waals surface area contributed by atoms with E-state index in [0.717, 1.165) is 0 Å². The summed E-state index contributed by atoms with van der Waals surface area (Å²) >= 11 is 2.13. The molecule has 2 aromatic rings. The monoisotopic (exact) mass is 611 g/mol. The number of aromatic nitrogens is 2. The molecule has 1 fully saturated rings. The van der Waals surface area contributed by atoms with Gasteiger partial charge in [0, 0.05) is 12.7 Å². The van der Waals surface area contributed by atoms with Crippen molar-refractivity contribution in [3.63, 3.8) is 0 Å². The quantitative estimate of drug-likeness (QED) is 0.146. The van der Waals surface area contributed by atoms with Gasteiger partial charge < -0.3 is 21.5 Å². The Balaban J connectivity index is 0.000000309. The number of nitrogens with one attached hydrogen (secondary N) is 2. The summed E-state index contributed by atoms with van der Waals surface area (Å²) in [5.41, 5.74) is 7.24. The molecule has 202 valence electrons. The number of nitrogens with two attached hydrogens (primary N) is 2. The van der Waals surface area contributed by atoms with Gasteiger partial charge >= 0.3 is 43.7 Å². The summed E-state index contributed by atoms with van der Waals surface area (Å²) in [4.78, 5) is 47.7. The number of carbonyl (C=O) groups excluding carboxylic acids is 3. The first-order valence-electron chi connectivity index (χ1n) is 10.4. The molecule has 3 heterocycles. The number of rotatable bonds is 6. The van der Waals surface area contributed by atoms with Crippen LogP contribution in [0.3, 0.4) is 0 Å². The fourth-order valence-electron chi connectivity index (χ4n) is 3.36. The van der Waals surface area contributed by atoms with Gasteiger partial charge in [0.05, 0.1) is 0 Å². The predicted molar refractivity (Wildman–Crippen MR) is 143 cm³/mol.